The van der Waals surface area contributed by atoms with Gasteiger partial charge in [-0.05, 0) is 208 Å². The highest BCUT2D eigenvalue weighted by Gasteiger charge is 2.45. The lowest BCUT2D eigenvalue weighted by Crippen LogP contribution is -2.61. The molecule has 0 aliphatic carbocycles. The Morgan fingerprint density at radius 3 is 1.52 bits per heavy atom. The summed E-state index contributed by atoms with van der Waals surface area (Å²) in [5, 5.41) is 2.47. The van der Waals surface area contributed by atoms with E-state index in [0.717, 1.165) is 22.7 Å². The Bertz CT molecular complexity index is 4290. The highest BCUT2D eigenvalue weighted by atomic mass is 15.2. The fourth-order valence-corrected chi connectivity index (χ4v) is 13.6. The number of rotatable bonds is 7. The van der Waals surface area contributed by atoms with Crippen molar-refractivity contribution in [3.63, 3.8) is 0 Å². The summed E-state index contributed by atoms with van der Waals surface area (Å²) in [7, 11) is 0. The molecule has 1 aromatic heterocycles. The van der Waals surface area contributed by atoms with Crippen molar-refractivity contribution < 1.29 is 0 Å². The first-order chi connectivity index (χ1) is 39.1. The topological polar surface area (TPSA) is 14.7 Å². The lowest BCUT2D eigenvalue weighted by atomic mass is 9.33. The Morgan fingerprint density at radius 1 is 0.366 bits per heavy atom. The molecular formula is C77H75BN4. The Labute approximate surface area is 487 Å². The van der Waals surface area contributed by atoms with Crippen molar-refractivity contribution in [2.45, 2.75) is 113 Å². The zero-order chi connectivity index (χ0) is 57.3. The molecule has 11 aromatic rings. The quantitative estimate of drug-likeness (QED) is 0.148. The molecule has 3 heterocycles. The fraction of sp³-hybridized carbons (Fsp3) is 0.221. The minimum absolute atomic E-state index is 0.00687. The predicted molar refractivity (Wildman–Crippen MR) is 355 cm³/mol. The van der Waals surface area contributed by atoms with Crippen LogP contribution in [0.3, 0.4) is 0 Å². The van der Waals surface area contributed by atoms with E-state index in [2.05, 4.69) is 316 Å². The number of hydrogen-bond donors (Lipinski definition) is 0. The maximum atomic E-state index is 2.63. The van der Waals surface area contributed by atoms with E-state index in [1.165, 1.54) is 128 Å². The molecule has 0 fully saturated rings. The molecule has 406 valence electrons. The zero-order valence-corrected chi connectivity index (χ0v) is 50.4. The molecule has 2 aliphatic rings. The van der Waals surface area contributed by atoms with E-state index < -0.39 is 0 Å². The van der Waals surface area contributed by atoms with E-state index in [0.29, 0.717) is 0 Å². The third-order valence-electron chi connectivity index (χ3n) is 17.6. The van der Waals surface area contributed by atoms with Gasteiger partial charge in [0.2, 0.25) is 0 Å². The number of aromatic nitrogens is 1. The van der Waals surface area contributed by atoms with E-state index >= 15 is 0 Å². The first kappa shape index (κ1) is 52.8. The Hall–Kier alpha value is -8.54. The summed E-state index contributed by atoms with van der Waals surface area (Å²) >= 11 is 0. The SMILES string of the molecule is Cc1cc2c3c(c1)N(c1c(C)cc(-c4ccccc4)cc1C)c1cc(C(C)(C)C)ccc1B3c1ccc(N(c3ccc4c5ccccc5n(-c5ccccc5)c4c3)c3c(C)cc(C(C)(C)C)cc3C)cc1N2c1ccc(C(C)(C)C)cc1. The molecule has 0 saturated carbocycles. The van der Waals surface area contributed by atoms with Crippen molar-refractivity contribution in [1.29, 1.82) is 0 Å². The molecule has 13 rings (SSSR count). The summed E-state index contributed by atoms with van der Waals surface area (Å²) in [5.41, 5.74) is 30.6. The average molecular weight is 1070 g/mol. The largest absolute Gasteiger partial charge is 0.311 e. The van der Waals surface area contributed by atoms with Crippen LogP contribution in [0.5, 0.6) is 0 Å². The van der Waals surface area contributed by atoms with Crippen LogP contribution in [0.15, 0.2) is 200 Å². The van der Waals surface area contributed by atoms with Gasteiger partial charge in [-0.25, -0.2) is 0 Å². The second-order valence-corrected chi connectivity index (χ2v) is 26.6. The first-order valence-electron chi connectivity index (χ1n) is 29.4. The summed E-state index contributed by atoms with van der Waals surface area (Å²) in [6.07, 6.45) is 0. The molecule has 10 aromatic carbocycles. The second kappa shape index (κ2) is 19.3. The Morgan fingerprint density at radius 2 is 0.890 bits per heavy atom. The zero-order valence-electron chi connectivity index (χ0n) is 50.4. The van der Waals surface area contributed by atoms with Crippen molar-refractivity contribution in [2.24, 2.45) is 0 Å². The number of anilines is 9. The molecule has 0 atom stereocenters. The molecule has 0 amide bonds. The summed E-state index contributed by atoms with van der Waals surface area (Å²) in [4.78, 5) is 7.78. The molecule has 0 spiro atoms. The van der Waals surface area contributed by atoms with Gasteiger partial charge in [-0.1, -0.05) is 178 Å². The third-order valence-corrected chi connectivity index (χ3v) is 17.6. The van der Waals surface area contributed by atoms with Gasteiger partial charge in [0.25, 0.3) is 6.71 Å². The molecule has 2 aliphatic heterocycles. The highest BCUT2D eigenvalue weighted by Crippen LogP contribution is 2.50. The van der Waals surface area contributed by atoms with Gasteiger partial charge in [0, 0.05) is 56.3 Å². The molecule has 0 radical (unpaired) electrons. The molecular weight excluding hydrogens is 992 g/mol. The van der Waals surface area contributed by atoms with E-state index in [9.17, 15) is 0 Å². The first-order valence-corrected chi connectivity index (χ1v) is 29.4. The van der Waals surface area contributed by atoms with Gasteiger partial charge in [-0.3, -0.25) is 0 Å². The molecule has 0 bridgehead atoms. The molecule has 5 heteroatoms. The van der Waals surface area contributed by atoms with Crippen LogP contribution in [0.2, 0.25) is 0 Å². The number of hydrogen-bond acceptors (Lipinski definition) is 3. The number of nitrogens with zero attached hydrogens (tertiary/aromatic N) is 4. The predicted octanol–water partition coefficient (Wildman–Crippen LogP) is 19.4. The second-order valence-electron chi connectivity index (χ2n) is 26.6. The van der Waals surface area contributed by atoms with Gasteiger partial charge in [0.1, 0.15) is 0 Å². The normalized spacial score (nSPS) is 13.2. The number of fused-ring (bicyclic) bond motifs is 7. The minimum Gasteiger partial charge on any atom is -0.311 e. The van der Waals surface area contributed by atoms with Crippen LogP contribution in [0, 0.1) is 34.6 Å². The van der Waals surface area contributed by atoms with Crippen molar-refractivity contribution in [1.82, 2.24) is 4.57 Å². The fourth-order valence-electron chi connectivity index (χ4n) is 13.6. The van der Waals surface area contributed by atoms with Crippen LogP contribution in [-0.2, 0) is 16.2 Å². The van der Waals surface area contributed by atoms with Crippen molar-refractivity contribution in [2.75, 3.05) is 14.7 Å². The summed E-state index contributed by atoms with van der Waals surface area (Å²) in [5.74, 6) is 0. The molecule has 82 heavy (non-hydrogen) atoms. The Balaban J connectivity index is 1.09. The number of para-hydroxylation sites is 2. The number of aryl methyl sites for hydroxylation is 5. The standard InChI is InChI=1S/C77H75BN4/c1-48-39-70-72-71(40-48)82(74-49(2)41-54(42-50(74)3)53-23-17-15-18-24-53)68-45-56(76(9,10)11)31-37-64(68)78(72)65-38-35-61(47-69(65)81(70)59-32-29-55(30-33-59)75(6,7)8)79(73-51(4)43-57(44-52(73)5)77(12,13)14)60-34-36-63-62-27-21-22-28-66(62)80(67(63)46-60)58-25-19-16-20-26-58/h15-47H,1-14H3. The van der Waals surface area contributed by atoms with E-state index in [1.54, 1.807) is 0 Å². The maximum absolute atomic E-state index is 2.63. The minimum atomic E-state index is -0.0708. The van der Waals surface area contributed by atoms with Gasteiger partial charge in [0.15, 0.2) is 0 Å². The Kier molecular flexibility index (Phi) is 12.4. The molecule has 0 saturated heterocycles. The smallest absolute Gasteiger partial charge is 0.252 e. The highest BCUT2D eigenvalue weighted by molar-refractivity contribution is 7.00. The van der Waals surface area contributed by atoms with Crippen LogP contribution >= 0.6 is 0 Å². The van der Waals surface area contributed by atoms with Crippen molar-refractivity contribution >= 4 is 96.1 Å². The monoisotopic (exact) mass is 1070 g/mol. The lowest BCUT2D eigenvalue weighted by Gasteiger charge is -2.45. The summed E-state index contributed by atoms with van der Waals surface area (Å²) in [6, 6.07) is 76.4. The van der Waals surface area contributed by atoms with Gasteiger partial charge >= 0.3 is 0 Å². The van der Waals surface area contributed by atoms with Crippen LogP contribution in [0.25, 0.3) is 38.6 Å². The van der Waals surface area contributed by atoms with Crippen molar-refractivity contribution in [3.8, 4) is 16.8 Å². The van der Waals surface area contributed by atoms with Gasteiger partial charge in [0.05, 0.1) is 22.4 Å². The van der Waals surface area contributed by atoms with Crippen LogP contribution in [0.1, 0.15) is 107 Å². The van der Waals surface area contributed by atoms with Crippen molar-refractivity contribution in [3.05, 3.63) is 245 Å². The summed E-state index contributed by atoms with van der Waals surface area (Å²) < 4.78 is 2.44. The maximum Gasteiger partial charge on any atom is 0.252 e. The van der Waals surface area contributed by atoms with E-state index in [4.69, 9.17) is 0 Å². The van der Waals surface area contributed by atoms with E-state index in [1.807, 2.05) is 0 Å². The van der Waals surface area contributed by atoms with Gasteiger partial charge in [-0.15, -0.1) is 0 Å². The van der Waals surface area contributed by atoms with Crippen LogP contribution < -0.4 is 31.1 Å². The van der Waals surface area contributed by atoms with Crippen LogP contribution in [0.4, 0.5) is 51.2 Å². The third kappa shape index (κ3) is 8.74. The van der Waals surface area contributed by atoms with Gasteiger partial charge in [-0.2, -0.15) is 0 Å². The van der Waals surface area contributed by atoms with E-state index in [-0.39, 0.29) is 23.0 Å². The summed E-state index contributed by atoms with van der Waals surface area (Å²) in [6.45, 7) is 32.4. The van der Waals surface area contributed by atoms with Crippen LogP contribution in [-0.4, -0.2) is 11.3 Å². The average Bonchev–Trinajstić information content (AvgIpc) is 1.36. The lowest BCUT2D eigenvalue weighted by molar-refractivity contribution is 0.589. The molecule has 0 unspecified atom stereocenters. The molecule has 0 N–H and O–H groups in total. The molecule has 4 nitrogen and oxygen atoms in total. The van der Waals surface area contributed by atoms with Gasteiger partial charge < -0.3 is 19.3 Å². The number of benzene rings is 10.